The predicted octanol–water partition coefficient (Wildman–Crippen LogP) is 9.28. The van der Waals surface area contributed by atoms with E-state index in [2.05, 4.69) is 30.5 Å². The van der Waals surface area contributed by atoms with Gasteiger partial charge in [-0.1, -0.05) is 135 Å². The highest BCUT2D eigenvalue weighted by molar-refractivity contribution is 7.47. The summed E-state index contributed by atoms with van der Waals surface area (Å²) in [5.74, 6) is -0.927. The molecule has 0 rings (SSSR count). The van der Waals surface area contributed by atoms with Gasteiger partial charge < -0.3 is 24.6 Å². The number of ether oxygens (including phenoxy) is 2. The Balaban J connectivity index is 4.33. The fourth-order valence-electron chi connectivity index (χ4n) is 5.16. The number of rotatable bonds is 36. The Morgan fingerprint density at radius 3 is 1.52 bits per heavy atom. The standard InChI is InChI=1S/C37H71O10P/c1-3-5-7-9-11-13-15-16-17-18-19-21-22-24-26-28-36(40)44-32-35(33-46-48(42,43)45-31-34(39)30-38)47-37(41)29-27-25-23-20-14-12-10-8-6-4-2/h13,15,34-35,38-39H,3-12,14,16-33H2,1-2H3,(H,42,43)/b15-13-/t34-,35+/m0/s1. The van der Waals surface area contributed by atoms with Gasteiger partial charge in [-0.15, -0.1) is 0 Å². The monoisotopic (exact) mass is 706 g/mol. The quantitative estimate of drug-likeness (QED) is 0.0249. The van der Waals surface area contributed by atoms with E-state index in [4.69, 9.17) is 19.1 Å². The van der Waals surface area contributed by atoms with E-state index < -0.39 is 51.8 Å². The van der Waals surface area contributed by atoms with Gasteiger partial charge in [0.2, 0.25) is 0 Å². The third-order valence-electron chi connectivity index (χ3n) is 8.17. The first-order chi connectivity index (χ1) is 23.2. The van der Waals surface area contributed by atoms with Crippen LogP contribution in [-0.2, 0) is 32.7 Å². The molecular formula is C37H71O10P. The van der Waals surface area contributed by atoms with Crippen molar-refractivity contribution in [1.82, 2.24) is 0 Å². The Labute approximate surface area is 292 Å². The first-order valence-electron chi connectivity index (χ1n) is 19.1. The van der Waals surface area contributed by atoms with E-state index in [0.29, 0.717) is 12.8 Å². The smallest absolute Gasteiger partial charge is 0.462 e. The number of phosphoric ester groups is 1. The minimum absolute atomic E-state index is 0.187. The molecule has 0 spiro atoms. The molecule has 3 N–H and O–H groups in total. The lowest BCUT2D eigenvalue weighted by atomic mass is 10.1. The molecule has 1 unspecified atom stereocenters. The molecule has 0 aliphatic rings. The molecule has 0 aromatic carbocycles. The van der Waals surface area contributed by atoms with Gasteiger partial charge in [-0.3, -0.25) is 18.6 Å². The fraction of sp³-hybridized carbons (Fsp3) is 0.892. The van der Waals surface area contributed by atoms with Crippen LogP contribution >= 0.6 is 7.82 Å². The zero-order chi connectivity index (χ0) is 35.6. The second-order valence-electron chi connectivity index (χ2n) is 13.0. The maximum absolute atomic E-state index is 12.5. The van der Waals surface area contributed by atoms with Crippen molar-refractivity contribution in [2.24, 2.45) is 0 Å². The first-order valence-corrected chi connectivity index (χ1v) is 20.6. The number of unbranched alkanes of at least 4 members (excludes halogenated alkanes) is 20. The molecule has 0 heterocycles. The minimum Gasteiger partial charge on any atom is -0.462 e. The fourth-order valence-corrected chi connectivity index (χ4v) is 5.95. The van der Waals surface area contributed by atoms with Crippen LogP contribution < -0.4 is 0 Å². The molecule has 11 heteroatoms. The molecule has 0 bridgehead atoms. The second-order valence-corrected chi connectivity index (χ2v) is 14.4. The summed E-state index contributed by atoms with van der Waals surface area (Å²) in [4.78, 5) is 34.7. The lowest BCUT2D eigenvalue weighted by Gasteiger charge is -2.20. The molecule has 0 aromatic heterocycles. The number of carbonyl (C=O) groups is 2. The molecule has 0 fully saturated rings. The summed E-state index contributed by atoms with van der Waals surface area (Å²) in [6.07, 6.45) is 29.0. The molecule has 284 valence electrons. The van der Waals surface area contributed by atoms with Crippen molar-refractivity contribution >= 4 is 19.8 Å². The highest BCUT2D eigenvalue weighted by atomic mass is 31.2. The number of esters is 2. The van der Waals surface area contributed by atoms with Gasteiger partial charge in [0.25, 0.3) is 0 Å². The van der Waals surface area contributed by atoms with Crippen molar-refractivity contribution in [3.63, 3.8) is 0 Å². The highest BCUT2D eigenvalue weighted by Crippen LogP contribution is 2.43. The number of phosphoric acid groups is 1. The molecule has 0 aliphatic heterocycles. The van der Waals surface area contributed by atoms with E-state index in [0.717, 1.165) is 44.9 Å². The topological polar surface area (TPSA) is 149 Å². The van der Waals surface area contributed by atoms with E-state index in [1.807, 2.05) is 0 Å². The molecule has 0 amide bonds. The van der Waals surface area contributed by atoms with Crippen LogP contribution in [0.1, 0.15) is 174 Å². The molecule has 0 saturated heterocycles. The van der Waals surface area contributed by atoms with Gasteiger partial charge in [0.15, 0.2) is 6.10 Å². The SMILES string of the molecule is CCCCCC/C=C\CCCCCCCCCC(=O)OC[C@H](COP(=O)(O)OC[C@@H](O)CO)OC(=O)CCCCCCCCCCCC. The minimum atomic E-state index is -4.60. The van der Waals surface area contributed by atoms with Gasteiger partial charge in [0.05, 0.1) is 19.8 Å². The van der Waals surface area contributed by atoms with Gasteiger partial charge in [-0.2, -0.15) is 0 Å². The lowest BCUT2D eigenvalue weighted by Crippen LogP contribution is -2.29. The van der Waals surface area contributed by atoms with E-state index in [-0.39, 0.29) is 19.4 Å². The van der Waals surface area contributed by atoms with Crippen LogP contribution in [-0.4, -0.2) is 65.7 Å². The average Bonchev–Trinajstić information content (AvgIpc) is 3.07. The van der Waals surface area contributed by atoms with Gasteiger partial charge in [0, 0.05) is 12.8 Å². The summed E-state index contributed by atoms with van der Waals surface area (Å²) < 4.78 is 32.5. The summed E-state index contributed by atoms with van der Waals surface area (Å²) in [6.45, 7) is 2.34. The maximum atomic E-state index is 12.5. The molecule has 10 nitrogen and oxygen atoms in total. The largest absolute Gasteiger partial charge is 0.472 e. The molecular weight excluding hydrogens is 635 g/mol. The van der Waals surface area contributed by atoms with Crippen molar-refractivity contribution in [3.8, 4) is 0 Å². The third-order valence-corrected chi connectivity index (χ3v) is 9.12. The van der Waals surface area contributed by atoms with Crippen molar-refractivity contribution in [1.29, 1.82) is 0 Å². The summed E-state index contributed by atoms with van der Waals surface area (Å²) in [6, 6.07) is 0. The maximum Gasteiger partial charge on any atom is 0.472 e. The van der Waals surface area contributed by atoms with Gasteiger partial charge in [-0.05, 0) is 38.5 Å². The number of hydrogen-bond donors (Lipinski definition) is 3. The highest BCUT2D eigenvalue weighted by Gasteiger charge is 2.27. The molecule has 48 heavy (non-hydrogen) atoms. The second kappa shape index (κ2) is 34.2. The molecule has 3 atom stereocenters. The van der Waals surface area contributed by atoms with Crippen molar-refractivity contribution in [3.05, 3.63) is 12.2 Å². The summed E-state index contributed by atoms with van der Waals surface area (Å²) >= 11 is 0. The number of allylic oxidation sites excluding steroid dienone is 2. The zero-order valence-electron chi connectivity index (χ0n) is 30.5. The lowest BCUT2D eigenvalue weighted by molar-refractivity contribution is -0.161. The van der Waals surface area contributed by atoms with Crippen LogP contribution in [0.4, 0.5) is 0 Å². The summed E-state index contributed by atoms with van der Waals surface area (Å²) in [5, 5.41) is 18.2. The van der Waals surface area contributed by atoms with Crippen LogP contribution in [0, 0.1) is 0 Å². The zero-order valence-corrected chi connectivity index (χ0v) is 31.4. The van der Waals surface area contributed by atoms with E-state index in [1.54, 1.807) is 0 Å². The van der Waals surface area contributed by atoms with Gasteiger partial charge >= 0.3 is 19.8 Å². The molecule has 0 aromatic rings. The average molecular weight is 707 g/mol. The number of aliphatic hydroxyl groups excluding tert-OH is 2. The Hall–Kier alpha value is -1.29. The van der Waals surface area contributed by atoms with Crippen molar-refractivity contribution in [2.45, 2.75) is 187 Å². The normalized spacial score (nSPS) is 14.2. The van der Waals surface area contributed by atoms with Gasteiger partial charge in [0.1, 0.15) is 12.7 Å². The van der Waals surface area contributed by atoms with Crippen LogP contribution in [0.5, 0.6) is 0 Å². The Kier molecular flexibility index (Phi) is 33.3. The Morgan fingerprint density at radius 1 is 0.604 bits per heavy atom. The predicted molar refractivity (Wildman–Crippen MR) is 192 cm³/mol. The van der Waals surface area contributed by atoms with E-state index in [9.17, 15) is 24.2 Å². The molecule has 0 radical (unpaired) electrons. The first kappa shape index (κ1) is 46.7. The van der Waals surface area contributed by atoms with Crippen LogP contribution in [0.2, 0.25) is 0 Å². The number of hydrogen-bond acceptors (Lipinski definition) is 9. The van der Waals surface area contributed by atoms with Crippen LogP contribution in [0.15, 0.2) is 12.2 Å². The van der Waals surface area contributed by atoms with E-state index >= 15 is 0 Å². The molecule has 0 aliphatic carbocycles. The van der Waals surface area contributed by atoms with Crippen LogP contribution in [0.25, 0.3) is 0 Å². The Morgan fingerprint density at radius 2 is 1.02 bits per heavy atom. The number of aliphatic hydroxyl groups is 2. The Bertz CT molecular complexity index is 822. The summed E-state index contributed by atoms with van der Waals surface area (Å²) in [7, 11) is -4.60. The van der Waals surface area contributed by atoms with Crippen molar-refractivity contribution in [2.75, 3.05) is 26.4 Å². The van der Waals surface area contributed by atoms with Gasteiger partial charge in [-0.25, -0.2) is 4.57 Å². The number of carbonyl (C=O) groups excluding carboxylic acids is 2. The third kappa shape index (κ3) is 33.2. The molecule has 0 saturated carbocycles. The van der Waals surface area contributed by atoms with Crippen molar-refractivity contribution < 1.29 is 47.8 Å². The van der Waals surface area contributed by atoms with Crippen LogP contribution in [0.3, 0.4) is 0 Å². The van der Waals surface area contributed by atoms with E-state index in [1.165, 1.54) is 89.9 Å². The summed E-state index contributed by atoms with van der Waals surface area (Å²) in [5.41, 5.74) is 0.